The Morgan fingerprint density at radius 2 is 1.85 bits per heavy atom. The van der Waals surface area contributed by atoms with Gasteiger partial charge in [0.15, 0.2) is 0 Å². The van der Waals surface area contributed by atoms with Crippen molar-refractivity contribution in [2.75, 3.05) is 5.32 Å². The number of fused-ring (bicyclic) bond motifs is 2. The highest BCUT2D eigenvalue weighted by atomic mass is 15.0. The summed E-state index contributed by atoms with van der Waals surface area (Å²) in [5, 5.41) is 3.26. The number of hydrogen-bond donors (Lipinski definition) is 1. The number of rotatable bonds is 0. The van der Waals surface area contributed by atoms with Gasteiger partial charge in [-0.3, -0.25) is 0 Å². The molecule has 2 aliphatic heterocycles. The van der Waals surface area contributed by atoms with E-state index in [2.05, 4.69) is 40.6 Å². The van der Waals surface area contributed by atoms with Gasteiger partial charge < -0.3 is 5.32 Å². The Labute approximate surface area is 76.3 Å². The first kappa shape index (κ1) is 6.66. The van der Waals surface area contributed by atoms with Crippen LogP contribution < -0.4 is 5.32 Å². The minimum Gasteiger partial charge on any atom is -0.340 e. The van der Waals surface area contributed by atoms with Crippen LogP contribution in [0.25, 0.3) is 11.1 Å². The maximum absolute atomic E-state index is 4.29. The molecule has 0 radical (unpaired) electrons. The Balaban J connectivity index is 2.36. The van der Waals surface area contributed by atoms with Crippen LogP contribution in [0.15, 0.2) is 42.6 Å². The van der Waals surface area contributed by atoms with E-state index in [4.69, 9.17) is 0 Å². The molecule has 0 atom stereocenters. The van der Waals surface area contributed by atoms with Crippen LogP contribution in [-0.2, 0) is 0 Å². The number of nitrogens with one attached hydrogen (secondary N) is 1. The average molecular weight is 168 g/mol. The summed E-state index contributed by atoms with van der Waals surface area (Å²) in [6.07, 6.45) is 1.80. The molecule has 1 N–H and O–H groups in total. The quantitative estimate of drug-likeness (QED) is 0.558. The summed E-state index contributed by atoms with van der Waals surface area (Å²) in [6.45, 7) is 0. The fraction of sp³-hybridized carbons (Fsp3) is 0. The van der Waals surface area contributed by atoms with Crippen LogP contribution in [0.4, 0.5) is 11.5 Å². The van der Waals surface area contributed by atoms with Gasteiger partial charge >= 0.3 is 0 Å². The smallest absolute Gasteiger partial charge is 0.138 e. The van der Waals surface area contributed by atoms with Crippen LogP contribution in [0.3, 0.4) is 0 Å². The van der Waals surface area contributed by atoms with Crippen LogP contribution in [0.2, 0.25) is 0 Å². The third-order valence-electron chi connectivity index (χ3n) is 2.27. The van der Waals surface area contributed by atoms with Crippen molar-refractivity contribution in [3.63, 3.8) is 0 Å². The first-order valence-electron chi connectivity index (χ1n) is 4.26. The van der Waals surface area contributed by atoms with Crippen LogP contribution >= 0.6 is 0 Å². The van der Waals surface area contributed by atoms with Gasteiger partial charge in [0.1, 0.15) is 5.82 Å². The van der Waals surface area contributed by atoms with E-state index < -0.39 is 0 Å². The molecule has 2 bridgehead atoms. The molecule has 1 aromatic carbocycles. The standard InChI is InChI=1S/C11H8N2/c1-2-10-8-3-5-9(6-4-8)13-11(10)12-7-1/h1-7H,(H,12,13). The van der Waals surface area contributed by atoms with Gasteiger partial charge in [0, 0.05) is 17.4 Å². The van der Waals surface area contributed by atoms with E-state index in [0.29, 0.717) is 0 Å². The predicted octanol–water partition coefficient (Wildman–Crippen LogP) is 2.81. The molecule has 3 heterocycles. The Kier molecular flexibility index (Phi) is 1.19. The molecule has 2 aliphatic rings. The molecule has 0 saturated heterocycles. The molecule has 0 aliphatic carbocycles. The zero-order chi connectivity index (χ0) is 8.67. The van der Waals surface area contributed by atoms with Crippen molar-refractivity contribution in [3.05, 3.63) is 42.6 Å². The van der Waals surface area contributed by atoms with Crippen molar-refractivity contribution >= 4 is 11.5 Å². The van der Waals surface area contributed by atoms with Crippen LogP contribution in [-0.4, -0.2) is 4.98 Å². The first-order chi connectivity index (χ1) is 6.43. The summed E-state index contributed by atoms with van der Waals surface area (Å²) in [7, 11) is 0. The summed E-state index contributed by atoms with van der Waals surface area (Å²) >= 11 is 0. The zero-order valence-electron chi connectivity index (χ0n) is 6.99. The molecule has 1 aromatic heterocycles. The van der Waals surface area contributed by atoms with Crippen LogP contribution in [0.5, 0.6) is 0 Å². The minimum absolute atomic E-state index is 0.947. The van der Waals surface area contributed by atoms with Crippen molar-refractivity contribution in [1.82, 2.24) is 4.98 Å². The molecule has 0 amide bonds. The first-order valence-corrected chi connectivity index (χ1v) is 4.26. The van der Waals surface area contributed by atoms with Crippen molar-refractivity contribution < 1.29 is 0 Å². The van der Waals surface area contributed by atoms with Gasteiger partial charge in [0.2, 0.25) is 0 Å². The summed E-state index contributed by atoms with van der Waals surface area (Å²) < 4.78 is 0. The van der Waals surface area contributed by atoms with Gasteiger partial charge in [-0.25, -0.2) is 4.98 Å². The average Bonchev–Trinajstić information content (AvgIpc) is 2.46. The largest absolute Gasteiger partial charge is 0.340 e. The van der Waals surface area contributed by atoms with Gasteiger partial charge in [-0.2, -0.15) is 0 Å². The number of aromatic nitrogens is 1. The maximum atomic E-state index is 4.29. The van der Waals surface area contributed by atoms with Crippen molar-refractivity contribution in [2.45, 2.75) is 0 Å². The molecule has 62 valence electrons. The van der Waals surface area contributed by atoms with Crippen LogP contribution in [0, 0.1) is 0 Å². The van der Waals surface area contributed by atoms with E-state index in [1.54, 1.807) is 6.20 Å². The minimum atomic E-state index is 0.947. The Morgan fingerprint density at radius 1 is 1.00 bits per heavy atom. The maximum Gasteiger partial charge on any atom is 0.138 e. The molecule has 2 nitrogen and oxygen atoms in total. The lowest BCUT2D eigenvalue weighted by Gasteiger charge is -2.03. The van der Waals surface area contributed by atoms with E-state index in [-0.39, 0.29) is 0 Å². The highest BCUT2D eigenvalue weighted by molar-refractivity contribution is 5.82. The van der Waals surface area contributed by atoms with Crippen molar-refractivity contribution in [1.29, 1.82) is 0 Å². The number of anilines is 2. The number of benzene rings is 1. The molecule has 2 aromatic rings. The highest BCUT2D eigenvalue weighted by Crippen LogP contribution is 2.32. The lowest BCUT2D eigenvalue weighted by Crippen LogP contribution is -1.91. The molecule has 4 rings (SSSR count). The van der Waals surface area contributed by atoms with Gasteiger partial charge in [-0.15, -0.1) is 0 Å². The zero-order valence-corrected chi connectivity index (χ0v) is 6.99. The highest BCUT2D eigenvalue weighted by Gasteiger charge is 2.09. The third-order valence-corrected chi connectivity index (χ3v) is 2.27. The molecule has 0 unspecified atom stereocenters. The van der Waals surface area contributed by atoms with Crippen molar-refractivity contribution in [3.8, 4) is 11.1 Å². The lowest BCUT2D eigenvalue weighted by molar-refractivity contribution is 1.32. The van der Waals surface area contributed by atoms with Gasteiger partial charge in [-0.05, 0) is 29.8 Å². The predicted molar refractivity (Wildman–Crippen MR) is 53.0 cm³/mol. The second-order valence-corrected chi connectivity index (χ2v) is 3.10. The Morgan fingerprint density at radius 3 is 2.69 bits per heavy atom. The fourth-order valence-electron chi connectivity index (χ4n) is 1.61. The molecular formula is C11H8N2. The molecule has 13 heavy (non-hydrogen) atoms. The number of pyridine rings is 1. The number of hydrogen-bond acceptors (Lipinski definition) is 2. The lowest BCUT2D eigenvalue weighted by atomic mass is 10.1. The number of nitrogens with zero attached hydrogens (tertiary/aromatic N) is 1. The van der Waals surface area contributed by atoms with E-state index >= 15 is 0 Å². The molecule has 0 saturated carbocycles. The van der Waals surface area contributed by atoms with E-state index in [1.165, 1.54) is 11.1 Å². The molecular weight excluding hydrogens is 160 g/mol. The van der Waals surface area contributed by atoms with Gasteiger partial charge in [0.25, 0.3) is 0 Å². The fourth-order valence-corrected chi connectivity index (χ4v) is 1.61. The topological polar surface area (TPSA) is 24.9 Å². The normalized spacial score (nSPS) is 11.7. The molecule has 2 heteroatoms. The third kappa shape index (κ3) is 0.920. The summed E-state index contributed by atoms with van der Waals surface area (Å²) in [5.74, 6) is 0.947. The van der Waals surface area contributed by atoms with E-state index in [9.17, 15) is 0 Å². The summed E-state index contributed by atoms with van der Waals surface area (Å²) in [6, 6.07) is 12.4. The molecule has 0 fully saturated rings. The van der Waals surface area contributed by atoms with E-state index in [1.807, 2.05) is 6.07 Å². The van der Waals surface area contributed by atoms with Gasteiger partial charge in [0.05, 0.1) is 0 Å². The summed E-state index contributed by atoms with van der Waals surface area (Å²) in [4.78, 5) is 4.29. The Bertz CT molecular complexity index is 446. The van der Waals surface area contributed by atoms with Gasteiger partial charge in [-0.1, -0.05) is 12.1 Å². The molecule has 0 spiro atoms. The van der Waals surface area contributed by atoms with Crippen LogP contribution in [0.1, 0.15) is 0 Å². The second kappa shape index (κ2) is 2.33. The summed E-state index contributed by atoms with van der Waals surface area (Å²) in [5.41, 5.74) is 3.49. The van der Waals surface area contributed by atoms with E-state index in [0.717, 1.165) is 11.5 Å². The second-order valence-electron chi connectivity index (χ2n) is 3.10. The Hall–Kier alpha value is -1.83. The monoisotopic (exact) mass is 168 g/mol. The van der Waals surface area contributed by atoms with Crippen molar-refractivity contribution in [2.24, 2.45) is 0 Å². The SMILES string of the molecule is c1cnc2c(c1)-c1ccc(cc1)N2.